The summed E-state index contributed by atoms with van der Waals surface area (Å²) in [7, 11) is 0. The molecule has 0 aromatic heterocycles. The third kappa shape index (κ3) is 6.12. The maximum absolute atomic E-state index is 12.0. The molecule has 0 fully saturated rings. The van der Waals surface area contributed by atoms with E-state index < -0.39 is 12.0 Å². The third-order valence-electron chi connectivity index (χ3n) is 3.17. The van der Waals surface area contributed by atoms with Gasteiger partial charge in [-0.3, -0.25) is 20.4 Å². The summed E-state index contributed by atoms with van der Waals surface area (Å²) in [6.45, 7) is 1.53. The van der Waals surface area contributed by atoms with Crippen LogP contribution in [0.1, 0.15) is 12.5 Å². The largest absolute Gasteiger partial charge is 0.479 e. The van der Waals surface area contributed by atoms with Gasteiger partial charge in [-0.1, -0.05) is 46.9 Å². The first-order valence-electron chi connectivity index (χ1n) is 7.30. The second-order valence-electron chi connectivity index (χ2n) is 5.18. The zero-order valence-corrected chi connectivity index (χ0v) is 15.5. The lowest BCUT2D eigenvalue weighted by atomic mass is 10.1. The molecule has 2 aromatic rings. The number of hydrogen-bond acceptors (Lipinski definition) is 3. The summed E-state index contributed by atoms with van der Waals surface area (Å²) in [6, 6.07) is 11.5. The number of ether oxygens (including phenoxy) is 1. The van der Waals surface area contributed by atoms with Crippen LogP contribution in [0.3, 0.4) is 0 Å². The van der Waals surface area contributed by atoms with Crippen LogP contribution in [0, 0.1) is 0 Å². The predicted octanol–water partition coefficient (Wildman–Crippen LogP) is 3.80. The van der Waals surface area contributed by atoms with Crippen molar-refractivity contribution in [2.45, 2.75) is 19.4 Å². The van der Waals surface area contributed by atoms with Gasteiger partial charge in [0.2, 0.25) is 5.91 Å². The summed E-state index contributed by atoms with van der Waals surface area (Å²) in [6.07, 6.45) is -0.759. The monoisotopic (exact) mass is 400 g/mol. The Balaban J connectivity index is 1.82. The van der Waals surface area contributed by atoms with Gasteiger partial charge in [-0.15, -0.1) is 0 Å². The summed E-state index contributed by atoms with van der Waals surface area (Å²) in [5.41, 5.74) is 5.41. The van der Waals surface area contributed by atoms with E-state index in [9.17, 15) is 9.59 Å². The molecule has 5 nitrogen and oxygen atoms in total. The van der Waals surface area contributed by atoms with Gasteiger partial charge >= 0.3 is 0 Å². The molecule has 25 heavy (non-hydrogen) atoms. The lowest BCUT2D eigenvalue weighted by molar-refractivity contribution is -0.132. The van der Waals surface area contributed by atoms with Crippen LogP contribution in [-0.2, 0) is 16.0 Å². The quantitative estimate of drug-likeness (QED) is 0.749. The Morgan fingerprint density at radius 2 is 1.64 bits per heavy atom. The molecule has 8 heteroatoms. The summed E-state index contributed by atoms with van der Waals surface area (Å²) < 4.78 is 5.46. The second kappa shape index (κ2) is 8.94. The summed E-state index contributed by atoms with van der Waals surface area (Å²) in [5.74, 6) is -0.566. The Kier molecular flexibility index (Phi) is 6.93. The normalized spacial score (nSPS) is 11.5. The van der Waals surface area contributed by atoms with Crippen molar-refractivity contribution >= 4 is 46.6 Å². The Hall–Kier alpha value is -1.95. The lowest BCUT2D eigenvalue weighted by Crippen LogP contribution is -2.47. The third-order valence-corrected chi connectivity index (χ3v) is 3.95. The molecular formula is C17H15Cl3N2O3. The number of carbonyl (C=O) groups is 2. The van der Waals surface area contributed by atoms with Crippen LogP contribution in [0.15, 0.2) is 42.5 Å². The van der Waals surface area contributed by atoms with Crippen molar-refractivity contribution in [2.24, 2.45) is 0 Å². The molecule has 0 saturated carbocycles. The minimum Gasteiger partial charge on any atom is -0.479 e. The molecule has 2 N–H and O–H groups in total. The van der Waals surface area contributed by atoms with Crippen molar-refractivity contribution in [1.82, 2.24) is 10.9 Å². The summed E-state index contributed by atoms with van der Waals surface area (Å²) in [5, 5.41) is 1.34. The van der Waals surface area contributed by atoms with E-state index in [1.807, 2.05) is 0 Å². The zero-order chi connectivity index (χ0) is 18.4. The fourth-order valence-corrected chi connectivity index (χ4v) is 2.46. The molecule has 0 aliphatic rings. The molecule has 0 radical (unpaired) electrons. The molecule has 0 bridgehead atoms. The van der Waals surface area contributed by atoms with Crippen LogP contribution < -0.4 is 15.6 Å². The number of carbonyl (C=O) groups excluding carboxylic acids is 2. The average molecular weight is 402 g/mol. The molecule has 2 rings (SSSR count). The standard InChI is InChI=1S/C17H15Cl3N2O3/c1-10(25-15-7-6-13(19)9-14(15)20)17(24)22-21-16(23)8-11-2-4-12(18)5-3-11/h2-7,9-10H,8H2,1H3,(H,21,23)(H,22,24). The first kappa shape index (κ1) is 19.4. The fourth-order valence-electron chi connectivity index (χ4n) is 1.88. The van der Waals surface area contributed by atoms with Gasteiger partial charge in [0.05, 0.1) is 11.4 Å². The van der Waals surface area contributed by atoms with E-state index in [-0.39, 0.29) is 12.3 Å². The number of hydrazine groups is 1. The van der Waals surface area contributed by atoms with Crippen LogP contribution in [0.25, 0.3) is 0 Å². The fraction of sp³-hybridized carbons (Fsp3) is 0.176. The van der Waals surface area contributed by atoms with Crippen LogP contribution in [0.5, 0.6) is 5.75 Å². The number of hydrogen-bond donors (Lipinski definition) is 2. The van der Waals surface area contributed by atoms with Gasteiger partial charge in [0.1, 0.15) is 5.75 Å². The summed E-state index contributed by atoms with van der Waals surface area (Å²) in [4.78, 5) is 23.8. The number of amides is 2. The van der Waals surface area contributed by atoms with Crippen molar-refractivity contribution in [3.63, 3.8) is 0 Å². The molecule has 0 saturated heterocycles. The molecular weight excluding hydrogens is 387 g/mol. The number of halogens is 3. The topological polar surface area (TPSA) is 67.4 Å². The van der Waals surface area contributed by atoms with Crippen LogP contribution in [0.4, 0.5) is 0 Å². The highest BCUT2D eigenvalue weighted by atomic mass is 35.5. The average Bonchev–Trinajstić information content (AvgIpc) is 2.57. The molecule has 0 heterocycles. The van der Waals surface area contributed by atoms with Gasteiger partial charge in [0.25, 0.3) is 5.91 Å². The molecule has 1 atom stereocenters. The lowest BCUT2D eigenvalue weighted by Gasteiger charge is -2.16. The van der Waals surface area contributed by atoms with Gasteiger partial charge < -0.3 is 4.74 Å². The first-order chi connectivity index (χ1) is 11.8. The van der Waals surface area contributed by atoms with Crippen molar-refractivity contribution in [1.29, 1.82) is 0 Å². The van der Waals surface area contributed by atoms with Crippen molar-refractivity contribution in [2.75, 3.05) is 0 Å². The number of rotatable bonds is 5. The van der Waals surface area contributed by atoms with E-state index in [0.29, 0.717) is 20.8 Å². The van der Waals surface area contributed by atoms with Crippen molar-refractivity contribution < 1.29 is 14.3 Å². The minimum atomic E-state index is -0.866. The van der Waals surface area contributed by atoms with Crippen molar-refractivity contribution in [3.05, 3.63) is 63.1 Å². The second-order valence-corrected chi connectivity index (χ2v) is 6.46. The number of nitrogens with one attached hydrogen (secondary N) is 2. The summed E-state index contributed by atoms with van der Waals surface area (Å²) >= 11 is 17.6. The smallest absolute Gasteiger partial charge is 0.279 e. The van der Waals surface area contributed by atoms with Gasteiger partial charge in [0.15, 0.2) is 6.10 Å². The van der Waals surface area contributed by atoms with Crippen LogP contribution >= 0.6 is 34.8 Å². The predicted molar refractivity (Wildman–Crippen MR) is 98.0 cm³/mol. The Morgan fingerprint density at radius 3 is 2.28 bits per heavy atom. The highest BCUT2D eigenvalue weighted by Gasteiger charge is 2.17. The van der Waals surface area contributed by atoms with E-state index in [0.717, 1.165) is 5.56 Å². The maximum atomic E-state index is 12.0. The Morgan fingerprint density at radius 1 is 1.00 bits per heavy atom. The van der Waals surface area contributed by atoms with E-state index in [1.165, 1.54) is 13.0 Å². The zero-order valence-electron chi connectivity index (χ0n) is 13.2. The molecule has 2 amide bonds. The van der Waals surface area contributed by atoms with Gasteiger partial charge in [0, 0.05) is 10.0 Å². The molecule has 1 unspecified atom stereocenters. The van der Waals surface area contributed by atoms with E-state index in [1.54, 1.807) is 36.4 Å². The Labute approximate surface area is 160 Å². The molecule has 0 aliphatic carbocycles. The van der Waals surface area contributed by atoms with E-state index in [4.69, 9.17) is 39.5 Å². The van der Waals surface area contributed by atoms with Crippen LogP contribution in [0.2, 0.25) is 15.1 Å². The van der Waals surface area contributed by atoms with Crippen LogP contribution in [-0.4, -0.2) is 17.9 Å². The van der Waals surface area contributed by atoms with E-state index in [2.05, 4.69) is 10.9 Å². The molecule has 0 aliphatic heterocycles. The van der Waals surface area contributed by atoms with E-state index >= 15 is 0 Å². The first-order valence-corrected chi connectivity index (χ1v) is 8.43. The van der Waals surface area contributed by atoms with Gasteiger partial charge in [-0.25, -0.2) is 0 Å². The van der Waals surface area contributed by atoms with Gasteiger partial charge in [-0.2, -0.15) is 0 Å². The highest BCUT2D eigenvalue weighted by Crippen LogP contribution is 2.28. The molecule has 2 aromatic carbocycles. The SMILES string of the molecule is CC(Oc1ccc(Cl)cc1Cl)C(=O)NNC(=O)Cc1ccc(Cl)cc1. The maximum Gasteiger partial charge on any atom is 0.279 e. The molecule has 0 spiro atoms. The highest BCUT2D eigenvalue weighted by molar-refractivity contribution is 6.35. The van der Waals surface area contributed by atoms with Crippen molar-refractivity contribution in [3.8, 4) is 5.75 Å². The number of benzene rings is 2. The molecule has 132 valence electrons. The van der Waals surface area contributed by atoms with Gasteiger partial charge in [-0.05, 0) is 42.8 Å². The Bertz CT molecular complexity index is 766. The minimum absolute atomic E-state index is 0.107.